The van der Waals surface area contributed by atoms with Crippen molar-refractivity contribution < 1.29 is 14.3 Å². The lowest BCUT2D eigenvalue weighted by Gasteiger charge is -2.25. The van der Waals surface area contributed by atoms with Gasteiger partial charge < -0.3 is 14.4 Å². The monoisotopic (exact) mass is 351 g/mol. The Morgan fingerprint density at radius 2 is 2.00 bits per heavy atom. The number of carbonyl (C=O) groups is 1. The number of methoxy groups -OCH3 is 2. The number of carbonyl (C=O) groups excluding carboxylic acids is 1. The summed E-state index contributed by atoms with van der Waals surface area (Å²) in [5.41, 5.74) is 3.22. The Kier molecular flexibility index (Phi) is 5.61. The maximum atomic E-state index is 12.8. The van der Waals surface area contributed by atoms with Gasteiger partial charge in [-0.1, -0.05) is 29.8 Å². The van der Waals surface area contributed by atoms with E-state index in [1.807, 2.05) is 54.3 Å². The number of hydrogen-bond donors (Lipinski definition) is 0. The van der Waals surface area contributed by atoms with Crippen LogP contribution in [0.3, 0.4) is 0 Å². The lowest BCUT2D eigenvalue weighted by Crippen LogP contribution is -2.29. The van der Waals surface area contributed by atoms with Crippen LogP contribution in [-0.4, -0.2) is 31.6 Å². The van der Waals surface area contributed by atoms with Crippen molar-refractivity contribution >= 4 is 12.0 Å². The Labute approximate surface area is 155 Å². The molecule has 1 heterocycles. The maximum absolute atomic E-state index is 12.8. The number of ether oxygens (including phenoxy) is 2. The molecule has 1 unspecified atom stereocenters. The molecule has 1 atom stereocenters. The zero-order valence-electron chi connectivity index (χ0n) is 15.6. The standard InChI is InChI=1S/C22H25NO3/c1-16-6-4-7-17(14-16)9-12-22(24)23-13-5-8-20(23)19-15-18(25-2)10-11-21(19)26-3/h4,6-7,9-12,14-15,20H,5,8,13H2,1-3H3. The van der Waals surface area contributed by atoms with E-state index in [9.17, 15) is 4.79 Å². The Bertz CT molecular complexity index is 813. The summed E-state index contributed by atoms with van der Waals surface area (Å²) in [6.07, 6.45) is 5.45. The molecule has 1 aliphatic rings. The number of rotatable bonds is 5. The summed E-state index contributed by atoms with van der Waals surface area (Å²) >= 11 is 0. The minimum atomic E-state index is 0.00899. The van der Waals surface area contributed by atoms with Crippen LogP contribution in [0.25, 0.3) is 6.08 Å². The number of amides is 1. The van der Waals surface area contributed by atoms with Crippen LogP contribution < -0.4 is 9.47 Å². The van der Waals surface area contributed by atoms with Crippen LogP contribution in [-0.2, 0) is 4.79 Å². The van der Waals surface area contributed by atoms with Crippen LogP contribution in [0.15, 0.2) is 48.5 Å². The van der Waals surface area contributed by atoms with Crippen LogP contribution in [0, 0.1) is 6.92 Å². The molecule has 4 heteroatoms. The van der Waals surface area contributed by atoms with Crippen molar-refractivity contribution in [1.29, 1.82) is 0 Å². The van der Waals surface area contributed by atoms with E-state index in [-0.39, 0.29) is 11.9 Å². The van der Waals surface area contributed by atoms with Crippen molar-refractivity contribution in [3.63, 3.8) is 0 Å². The van der Waals surface area contributed by atoms with E-state index in [4.69, 9.17) is 9.47 Å². The summed E-state index contributed by atoms with van der Waals surface area (Å²) in [4.78, 5) is 14.7. The smallest absolute Gasteiger partial charge is 0.247 e. The quantitative estimate of drug-likeness (QED) is 0.750. The lowest BCUT2D eigenvalue weighted by atomic mass is 10.0. The van der Waals surface area contributed by atoms with Gasteiger partial charge in [0.2, 0.25) is 5.91 Å². The number of aryl methyl sites for hydroxylation is 1. The van der Waals surface area contributed by atoms with Gasteiger partial charge in [-0.2, -0.15) is 0 Å². The first-order valence-corrected chi connectivity index (χ1v) is 8.89. The predicted molar refractivity (Wildman–Crippen MR) is 103 cm³/mol. The fraction of sp³-hybridized carbons (Fsp3) is 0.318. The Morgan fingerprint density at radius 3 is 2.73 bits per heavy atom. The minimum Gasteiger partial charge on any atom is -0.497 e. The molecule has 26 heavy (non-hydrogen) atoms. The molecule has 0 radical (unpaired) electrons. The highest BCUT2D eigenvalue weighted by Crippen LogP contribution is 2.39. The third-order valence-corrected chi connectivity index (χ3v) is 4.79. The molecule has 3 rings (SSSR count). The molecule has 1 aliphatic heterocycles. The van der Waals surface area contributed by atoms with E-state index >= 15 is 0 Å². The molecule has 0 N–H and O–H groups in total. The topological polar surface area (TPSA) is 38.8 Å². The fourth-order valence-corrected chi connectivity index (χ4v) is 3.49. The minimum absolute atomic E-state index is 0.00899. The highest BCUT2D eigenvalue weighted by molar-refractivity contribution is 5.92. The lowest BCUT2D eigenvalue weighted by molar-refractivity contribution is -0.126. The Hall–Kier alpha value is -2.75. The molecule has 2 aromatic carbocycles. The molecule has 1 amide bonds. The molecule has 4 nitrogen and oxygen atoms in total. The van der Waals surface area contributed by atoms with Crippen molar-refractivity contribution in [2.45, 2.75) is 25.8 Å². The molecule has 136 valence electrons. The fourth-order valence-electron chi connectivity index (χ4n) is 3.49. The molecule has 0 saturated carbocycles. The van der Waals surface area contributed by atoms with E-state index in [0.717, 1.165) is 42.0 Å². The molecule has 1 fully saturated rings. The Morgan fingerprint density at radius 1 is 1.15 bits per heavy atom. The molecule has 1 saturated heterocycles. The van der Waals surface area contributed by atoms with E-state index in [1.165, 1.54) is 5.56 Å². The van der Waals surface area contributed by atoms with E-state index in [2.05, 4.69) is 6.07 Å². The maximum Gasteiger partial charge on any atom is 0.247 e. The summed E-state index contributed by atoms with van der Waals surface area (Å²) in [5.74, 6) is 1.59. The van der Waals surface area contributed by atoms with Crippen molar-refractivity contribution in [3.05, 3.63) is 65.2 Å². The third-order valence-electron chi connectivity index (χ3n) is 4.79. The summed E-state index contributed by atoms with van der Waals surface area (Å²) in [5, 5.41) is 0. The molecule has 0 aliphatic carbocycles. The van der Waals surface area contributed by atoms with Gasteiger partial charge >= 0.3 is 0 Å². The molecular formula is C22H25NO3. The van der Waals surface area contributed by atoms with E-state index < -0.39 is 0 Å². The van der Waals surface area contributed by atoms with Crippen molar-refractivity contribution in [2.24, 2.45) is 0 Å². The zero-order valence-corrected chi connectivity index (χ0v) is 15.6. The second-order valence-electron chi connectivity index (χ2n) is 6.55. The van der Waals surface area contributed by atoms with Gasteiger partial charge in [0.25, 0.3) is 0 Å². The first kappa shape index (κ1) is 18.1. The largest absolute Gasteiger partial charge is 0.497 e. The molecular weight excluding hydrogens is 326 g/mol. The van der Waals surface area contributed by atoms with Crippen molar-refractivity contribution in [1.82, 2.24) is 4.90 Å². The van der Waals surface area contributed by atoms with Crippen LogP contribution in [0.4, 0.5) is 0 Å². The van der Waals surface area contributed by atoms with Gasteiger partial charge in [0.1, 0.15) is 11.5 Å². The zero-order chi connectivity index (χ0) is 18.5. The van der Waals surface area contributed by atoms with Crippen LogP contribution in [0.1, 0.15) is 35.6 Å². The highest BCUT2D eigenvalue weighted by atomic mass is 16.5. The number of likely N-dealkylation sites (tertiary alicyclic amines) is 1. The molecule has 0 bridgehead atoms. The summed E-state index contributed by atoms with van der Waals surface area (Å²) < 4.78 is 10.9. The number of hydrogen-bond acceptors (Lipinski definition) is 3. The van der Waals surface area contributed by atoms with Gasteiger partial charge in [0, 0.05) is 18.2 Å². The van der Waals surface area contributed by atoms with Crippen LogP contribution in [0.2, 0.25) is 0 Å². The van der Waals surface area contributed by atoms with Crippen LogP contribution >= 0.6 is 0 Å². The van der Waals surface area contributed by atoms with Crippen LogP contribution in [0.5, 0.6) is 11.5 Å². The molecule has 0 spiro atoms. The normalized spacial score (nSPS) is 16.9. The van der Waals surface area contributed by atoms with Gasteiger partial charge in [-0.15, -0.1) is 0 Å². The summed E-state index contributed by atoms with van der Waals surface area (Å²) in [6.45, 7) is 2.80. The first-order valence-electron chi connectivity index (χ1n) is 8.89. The second-order valence-corrected chi connectivity index (χ2v) is 6.55. The van der Waals surface area contributed by atoms with Gasteiger partial charge in [0.15, 0.2) is 0 Å². The van der Waals surface area contributed by atoms with Gasteiger partial charge in [-0.3, -0.25) is 4.79 Å². The van der Waals surface area contributed by atoms with E-state index in [0.29, 0.717) is 0 Å². The van der Waals surface area contributed by atoms with Gasteiger partial charge in [0.05, 0.1) is 20.3 Å². The molecule has 0 aromatic heterocycles. The van der Waals surface area contributed by atoms with Gasteiger partial charge in [-0.05, 0) is 49.6 Å². The first-order chi connectivity index (χ1) is 12.6. The number of nitrogens with zero attached hydrogens (tertiary/aromatic N) is 1. The van der Waals surface area contributed by atoms with Crippen molar-refractivity contribution in [2.75, 3.05) is 20.8 Å². The summed E-state index contributed by atoms with van der Waals surface area (Å²) in [7, 11) is 3.30. The SMILES string of the molecule is COc1ccc(OC)c(C2CCCN2C(=O)C=Cc2cccc(C)c2)c1. The number of benzene rings is 2. The van der Waals surface area contributed by atoms with Gasteiger partial charge in [-0.25, -0.2) is 0 Å². The second kappa shape index (κ2) is 8.09. The van der Waals surface area contributed by atoms with Crippen molar-refractivity contribution in [3.8, 4) is 11.5 Å². The Balaban J connectivity index is 1.83. The predicted octanol–water partition coefficient (Wildman–Crippen LogP) is 4.39. The summed E-state index contributed by atoms with van der Waals surface area (Å²) in [6, 6.07) is 13.9. The average molecular weight is 351 g/mol. The van der Waals surface area contributed by atoms with E-state index in [1.54, 1.807) is 20.3 Å². The average Bonchev–Trinajstić information content (AvgIpc) is 3.15. The highest BCUT2D eigenvalue weighted by Gasteiger charge is 2.31. The third kappa shape index (κ3) is 3.90. The molecule has 2 aromatic rings.